The molecular weight excluding hydrogens is 349 g/mol. The highest BCUT2D eigenvalue weighted by molar-refractivity contribution is 8.01. The topological polar surface area (TPSA) is 71.1 Å². The van der Waals surface area contributed by atoms with E-state index < -0.39 is 0 Å². The molecule has 0 aliphatic heterocycles. The molecule has 0 saturated carbocycles. The van der Waals surface area contributed by atoms with Crippen LogP contribution in [0.25, 0.3) is 0 Å². The van der Waals surface area contributed by atoms with Gasteiger partial charge in [-0.1, -0.05) is 18.7 Å². The number of anilines is 1. The zero-order valence-corrected chi connectivity index (χ0v) is 14.8. The lowest BCUT2D eigenvalue weighted by molar-refractivity contribution is -0.120. The Balaban J connectivity index is 1.76. The molecule has 2 aromatic rings. The first-order chi connectivity index (χ1) is 11.6. The molecule has 0 radical (unpaired) electrons. The quantitative estimate of drug-likeness (QED) is 0.704. The van der Waals surface area contributed by atoms with Crippen molar-refractivity contribution in [2.75, 3.05) is 17.6 Å². The molecule has 0 spiro atoms. The normalized spacial score (nSPS) is 10.4. The van der Waals surface area contributed by atoms with Crippen LogP contribution in [0.4, 0.5) is 10.1 Å². The van der Waals surface area contributed by atoms with Crippen LogP contribution in [-0.2, 0) is 16.0 Å². The van der Waals surface area contributed by atoms with Crippen LogP contribution in [-0.4, -0.2) is 29.1 Å². The third-order valence-electron chi connectivity index (χ3n) is 2.90. The predicted molar refractivity (Wildman–Crippen MR) is 94.9 cm³/mol. The van der Waals surface area contributed by atoms with Gasteiger partial charge < -0.3 is 10.6 Å². The van der Waals surface area contributed by atoms with Gasteiger partial charge in [0.25, 0.3) is 0 Å². The van der Waals surface area contributed by atoms with E-state index in [1.807, 2.05) is 12.3 Å². The number of hydrogen-bond acceptors (Lipinski definition) is 5. The maximum Gasteiger partial charge on any atom is 0.234 e. The minimum absolute atomic E-state index is 0.0484. The molecule has 5 nitrogen and oxygen atoms in total. The Kier molecular flexibility index (Phi) is 7.20. The molecule has 8 heteroatoms. The van der Waals surface area contributed by atoms with Crippen molar-refractivity contribution in [1.82, 2.24) is 10.3 Å². The van der Waals surface area contributed by atoms with Crippen molar-refractivity contribution < 1.29 is 14.0 Å². The van der Waals surface area contributed by atoms with E-state index in [-0.39, 0.29) is 29.8 Å². The second kappa shape index (κ2) is 9.39. The van der Waals surface area contributed by atoms with Gasteiger partial charge in [0.2, 0.25) is 11.8 Å². The zero-order chi connectivity index (χ0) is 17.4. The Morgan fingerprint density at radius 2 is 2.00 bits per heavy atom. The number of nitrogens with one attached hydrogen (secondary N) is 2. The zero-order valence-electron chi connectivity index (χ0n) is 13.2. The molecule has 24 heavy (non-hydrogen) atoms. The average molecular weight is 367 g/mol. The van der Waals surface area contributed by atoms with Crippen molar-refractivity contribution in [3.8, 4) is 0 Å². The first kappa shape index (κ1) is 18.4. The van der Waals surface area contributed by atoms with Gasteiger partial charge in [0, 0.05) is 17.6 Å². The lowest BCUT2D eigenvalue weighted by Gasteiger charge is -2.03. The molecule has 0 saturated heterocycles. The highest BCUT2D eigenvalue weighted by Crippen LogP contribution is 2.23. The maximum absolute atomic E-state index is 12.8. The van der Waals surface area contributed by atoms with Gasteiger partial charge in [-0.15, -0.1) is 11.3 Å². The van der Waals surface area contributed by atoms with Gasteiger partial charge >= 0.3 is 0 Å². The van der Waals surface area contributed by atoms with Crippen molar-refractivity contribution in [3.63, 3.8) is 0 Å². The molecule has 2 amide bonds. The van der Waals surface area contributed by atoms with Gasteiger partial charge in [-0.25, -0.2) is 9.37 Å². The fraction of sp³-hybridized carbons (Fsp3) is 0.312. The summed E-state index contributed by atoms with van der Waals surface area (Å²) >= 11 is 2.71. The number of halogens is 1. The number of benzene rings is 1. The lowest BCUT2D eigenvalue weighted by atomic mass is 10.3. The minimum atomic E-state index is -0.347. The number of nitrogens with zero attached hydrogens (tertiary/aromatic N) is 1. The van der Waals surface area contributed by atoms with Crippen LogP contribution < -0.4 is 10.6 Å². The molecular formula is C16H18FN3O2S2. The summed E-state index contributed by atoms with van der Waals surface area (Å²) in [6, 6.07) is 5.60. The Morgan fingerprint density at radius 1 is 1.25 bits per heavy atom. The van der Waals surface area contributed by atoms with Crippen LogP contribution in [0.2, 0.25) is 0 Å². The number of thioether (sulfide) groups is 1. The highest BCUT2D eigenvalue weighted by atomic mass is 32.2. The Bertz CT molecular complexity index is 689. The van der Waals surface area contributed by atoms with Crippen LogP contribution in [0.5, 0.6) is 0 Å². The Hall–Kier alpha value is -1.93. The third kappa shape index (κ3) is 6.29. The molecule has 1 aromatic heterocycles. The molecule has 1 heterocycles. The summed E-state index contributed by atoms with van der Waals surface area (Å²) in [7, 11) is 0. The predicted octanol–water partition coefficient (Wildman–Crippen LogP) is 3.08. The van der Waals surface area contributed by atoms with Crippen molar-refractivity contribution in [1.29, 1.82) is 0 Å². The molecule has 0 aliphatic carbocycles. The number of carbonyl (C=O) groups excluding carboxylic acids is 2. The van der Waals surface area contributed by atoms with Gasteiger partial charge in [0.15, 0.2) is 4.34 Å². The molecule has 0 bridgehead atoms. The smallest absolute Gasteiger partial charge is 0.234 e. The standard InChI is InChI=1S/C16H18FN3O2S2/c1-2-7-18-14(21)8-13-9-23-16(20-13)24-10-15(22)19-12-5-3-11(17)4-6-12/h3-6,9H,2,7-8,10H2,1H3,(H,18,21)(H,19,22). The molecule has 1 aromatic carbocycles. The summed E-state index contributed by atoms with van der Waals surface area (Å²) in [5.41, 5.74) is 1.25. The van der Waals surface area contributed by atoms with E-state index in [2.05, 4.69) is 15.6 Å². The van der Waals surface area contributed by atoms with Gasteiger partial charge in [-0.05, 0) is 30.7 Å². The van der Waals surface area contributed by atoms with Crippen LogP contribution in [0, 0.1) is 5.82 Å². The summed E-state index contributed by atoms with van der Waals surface area (Å²) in [5, 5.41) is 7.31. The summed E-state index contributed by atoms with van der Waals surface area (Å²) < 4.78 is 13.5. The SMILES string of the molecule is CCCNC(=O)Cc1csc(SCC(=O)Nc2ccc(F)cc2)n1. The van der Waals surface area contributed by atoms with E-state index in [1.165, 1.54) is 47.4 Å². The fourth-order valence-electron chi connectivity index (χ4n) is 1.78. The van der Waals surface area contributed by atoms with Crippen LogP contribution in [0.15, 0.2) is 34.0 Å². The second-order valence-corrected chi connectivity index (χ2v) is 7.06. The highest BCUT2D eigenvalue weighted by Gasteiger charge is 2.10. The lowest BCUT2D eigenvalue weighted by Crippen LogP contribution is -2.25. The average Bonchev–Trinajstić information content (AvgIpc) is 3.00. The largest absolute Gasteiger partial charge is 0.356 e. The number of carbonyl (C=O) groups is 2. The monoisotopic (exact) mass is 367 g/mol. The van der Waals surface area contributed by atoms with E-state index in [0.717, 1.165) is 10.8 Å². The summed E-state index contributed by atoms with van der Waals surface area (Å²) in [4.78, 5) is 27.8. The third-order valence-corrected chi connectivity index (χ3v) is 4.97. The number of aromatic nitrogens is 1. The van der Waals surface area contributed by atoms with Gasteiger partial charge in [-0.3, -0.25) is 9.59 Å². The number of hydrogen-bond donors (Lipinski definition) is 2. The summed E-state index contributed by atoms with van der Waals surface area (Å²) in [6.07, 6.45) is 1.14. The van der Waals surface area contributed by atoms with E-state index in [9.17, 15) is 14.0 Å². The van der Waals surface area contributed by atoms with Crippen molar-refractivity contribution >= 4 is 40.6 Å². The number of thiazole rings is 1. The van der Waals surface area contributed by atoms with Crippen molar-refractivity contribution in [3.05, 3.63) is 41.2 Å². The van der Waals surface area contributed by atoms with E-state index in [0.29, 0.717) is 17.9 Å². The number of rotatable bonds is 8. The molecule has 0 atom stereocenters. The van der Waals surface area contributed by atoms with Gasteiger partial charge in [-0.2, -0.15) is 0 Å². The van der Waals surface area contributed by atoms with E-state index in [1.54, 1.807) is 0 Å². The molecule has 0 fully saturated rings. The first-order valence-electron chi connectivity index (χ1n) is 7.46. The second-order valence-electron chi connectivity index (χ2n) is 4.98. The summed E-state index contributed by atoms with van der Waals surface area (Å²) in [6.45, 7) is 2.66. The summed E-state index contributed by atoms with van der Waals surface area (Å²) in [5.74, 6) is -0.385. The van der Waals surface area contributed by atoms with Crippen molar-refractivity contribution in [2.45, 2.75) is 24.1 Å². The molecule has 0 aliphatic rings. The molecule has 128 valence electrons. The van der Waals surface area contributed by atoms with Crippen molar-refractivity contribution in [2.24, 2.45) is 0 Å². The molecule has 2 N–H and O–H groups in total. The van der Waals surface area contributed by atoms with E-state index >= 15 is 0 Å². The fourth-order valence-corrected chi connectivity index (χ4v) is 3.43. The molecule has 0 unspecified atom stereocenters. The van der Waals surface area contributed by atoms with E-state index in [4.69, 9.17) is 0 Å². The maximum atomic E-state index is 12.8. The number of amides is 2. The Morgan fingerprint density at radius 3 is 2.71 bits per heavy atom. The van der Waals surface area contributed by atoms with Crippen LogP contribution >= 0.6 is 23.1 Å². The van der Waals surface area contributed by atoms with Gasteiger partial charge in [0.05, 0.1) is 17.9 Å². The van der Waals surface area contributed by atoms with Crippen LogP contribution in [0.3, 0.4) is 0 Å². The molecule has 2 rings (SSSR count). The Labute approximate surface area is 148 Å². The first-order valence-corrected chi connectivity index (χ1v) is 9.32. The van der Waals surface area contributed by atoms with Crippen LogP contribution in [0.1, 0.15) is 19.0 Å². The van der Waals surface area contributed by atoms with Gasteiger partial charge in [0.1, 0.15) is 5.82 Å². The minimum Gasteiger partial charge on any atom is -0.356 e.